The van der Waals surface area contributed by atoms with E-state index in [0.29, 0.717) is 35.6 Å². The summed E-state index contributed by atoms with van der Waals surface area (Å²) in [5.74, 6) is 0.341. The van der Waals surface area contributed by atoms with Gasteiger partial charge in [0.25, 0.3) is 0 Å². The lowest BCUT2D eigenvalue weighted by molar-refractivity contribution is 0.122. The second kappa shape index (κ2) is 8.42. The molecule has 2 heterocycles. The van der Waals surface area contributed by atoms with Crippen molar-refractivity contribution >= 4 is 40.6 Å². The first-order valence-corrected chi connectivity index (χ1v) is 9.57. The van der Waals surface area contributed by atoms with E-state index in [-0.39, 0.29) is 6.03 Å². The minimum absolute atomic E-state index is 0.341. The molecule has 2 aromatic carbocycles. The first-order valence-electron chi connectivity index (χ1n) is 9.20. The molecule has 0 aliphatic carbocycles. The van der Waals surface area contributed by atoms with Crippen molar-refractivity contribution in [3.05, 3.63) is 53.7 Å². The molecule has 0 spiro atoms. The van der Waals surface area contributed by atoms with Crippen molar-refractivity contribution in [3.63, 3.8) is 0 Å². The molecule has 0 saturated carbocycles. The number of imidazole rings is 1. The number of carbonyl (C=O) groups is 1. The largest absolute Gasteiger partial charge is 0.378 e. The van der Waals surface area contributed by atoms with Crippen molar-refractivity contribution in [1.82, 2.24) is 9.97 Å². The van der Waals surface area contributed by atoms with Crippen molar-refractivity contribution in [1.29, 1.82) is 0 Å². The van der Waals surface area contributed by atoms with Crippen LogP contribution < -0.4 is 21.3 Å². The van der Waals surface area contributed by atoms with E-state index >= 15 is 0 Å². The van der Waals surface area contributed by atoms with E-state index < -0.39 is 0 Å². The molecule has 0 radical (unpaired) electrons. The minimum atomic E-state index is -0.360. The molecule has 1 aliphatic heterocycles. The number of urea groups is 1. The maximum atomic E-state index is 12.4. The average molecular weight is 413 g/mol. The molecule has 1 aliphatic rings. The molecule has 1 saturated heterocycles. The number of ether oxygens (including phenoxy) is 1. The normalized spacial score (nSPS) is 13.9. The number of amides is 2. The van der Waals surface area contributed by atoms with Gasteiger partial charge in [-0.3, -0.25) is 0 Å². The van der Waals surface area contributed by atoms with Gasteiger partial charge in [0.05, 0.1) is 35.8 Å². The smallest absolute Gasteiger partial charge is 0.323 e. The van der Waals surface area contributed by atoms with Gasteiger partial charge in [0.2, 0.25) is 0 Å². The Morgan fingerprint density at radius 2 is 1.90 bits per heavy atom. The van der Waals surface area contributed by atoms with Crippen molar-refractivity contribution in [2.45, 2.75) is 0 Å². The Labute approximate surface area is 173 Å². The first kappa shape index (κ1) is 19.1. The second-order valence-corrected chi connectivity index (χ2v) is 7.01. The van der Waals surface area contributed by atoms with Gasteiger partial charge in [0, 0.05) is 30.0 Å². The molecule has 0 bridgehead atoms. The molecule has 0 unspecified atom stereocenters. The van der Waals surface area contributed by atoms with E-state index in [4.69, 9.17) is 22.1 Å². The summed E-state index contributed by atoms with van der Waals surface area (Å²) in [5.41, 5.74) is 9.46. The highest BCUT2D eigenvalue weighted by Crippen LogP contribution is 2.29. The van der Waals surface area contributed by atoms with Gasteiger partial charge in [0.15, 0.2) is 5.95 Å². The van der Waals surface area contributed by atoms with Crippen LogP contribution in [-0.2, 0) is 4.74 Å². The topological polar surface area (TPSA) is 108 Å². The minimum Gasteiger partial charge on any atom is -0.378 e. The Kier molecular flexibility index (Phi) is 5.55. The molecule has 0 atom stereocenters. The van der Waals surface area contributed by atoms with Crippen LogP contribution in [0.15, 0.2) is 48.7 Å². The van der Waals surface area contributed by atoms with Crippen molar-refractivity contribution < 1.29 is 9.53 Å². The zero-order chi connectivity index (χ0) is 20.2. The van der Waals surface area contributed by atoms with E-state index in [1.807, 2.05) is 30.3 Å². The van der Waals surface area contributed by atoms with Gasteiger partial charge in [-0.25, -0.2) is 9.78 Å². The highest BCUT2D eigenvalue weighted by Gasteiger charge is 2.15. The number of anilines is 4. The summed E-state index contributed by atoms with van der Waals surface area (Å²) in [4.78, 5) is 21.5. The highest BCUT2D eigenvalue weighted by molar-refractivity contribution is 6.33. The van der Waals surface area contributed by atoms with Crippen LogP contribution in [0.3, 0.4) is 0 Å². The summed E-state index contributed by atoms with van der Waals surface area (Å²) >= 11 is 6.42. The van der Waals surface area contributed by atoms with Crippen LogP contribution in [0.5, 0.6) is 0 Å². The maximum Gasteiger partial charge on any atom is 0.323 e. The zero-order valence-corrected chi connectivity index (χ0v) is 16.4. The number of H-pyrrole nitrogens is 1. The maximum absolute atomic E-state index is 12.4. The second-order valence-electron chi connectivity index (χ2n) is 6.61. The lowest BCUT2D eigenvalue weighted by Crippen LogP contribution is -2.36. The number of hydrogen-bond acceptors (Lipinski definition) is 5. The molecule has 1 aromatic heterocycles. The third-order valence-electron chi connectivity index (χ3n) is 4.58. The molecule has 9 heteroatoms. The summed E-state index contributed by atoms with van der Waals surface area (Å²) in [6, 6.07) is 12.5. The summed E-state index contributed by atoms with van der Waals surface area (Å²) in [7, 11) is 0. The molecule has 150 valence electrons. The first-order chi connectivity index (χ1) is 14.1. The SMILES string of the molecule is Nc1ncc(-c2cccc(NC(=O)Nc3ccc(N4CCOCC4)c(Cl)c3)c2)[nH]1. The lowest BCUT2D eigenvalue weighted by atomic mass is 10.1. The summed E-state index contributed by atoms with van der Waals surface area (Å²) in [5, 5.41) is 6.21. The van der Waals surface area contributed by atoms with Crippen molar-refractivity contribution in [2.24, 2.45) is 0 Å². The van der Waals surface area contributed by atoms with Crippen LogP contribution in [-0.4, -0.2) is 42.3 Å². The van der Waals surface area contributed by atoms with E-state index in [9.17, 15) is 4.79 Å². The molecular weight excluding hydrogens is 392 g/mol. The number of halogens is 1. The van der Waals surface area contributed by atoms with E-state index in [1.54, 1.807) is 18.3 Å². The number of aromatic amines is 1. The number of hydrogen-bond donors (Lipinski definition) is 4. The predicted molar refractivity (Wildman–Crippen MR) is 116 cm³/mol. The fourth-order valence-electron chi connectivity index (χ4n) is 3.19. The monoisotopic (exact) mass is 412 g/mol. The number of nitrogen functional groups attached to an aromatic ring is 1. The van der Waals surface area contributed by atoms with Gasteiger partial charge in [-0.1, -0.05) is 23.7 Å². The predicted octanol–water partition coefficient (Wildman–Crippen LogP) is 3.79. The van der Waals surface area contributed by atoms with Gasteiger partial charge >= 0.3 is 6.03 Å². The van der Waals surface area contributed by atoms with Crippen LogP contribution in [0.1, 0.15) is 0 Å². The molecule has 5 N–H and O–H groups in total. The number of nitrogens with one attached hydrogen (secondary N) is 3. The zero-order valence-electron chi connectivity index (χ0n) is 15.6. The number of nitrogens with two attached hydrogens (primary N) is 1. The molecule has 4 rings (SSSR count). The van der Waals surface area contributed by atoms with Crippen LogP contribution in [0.25, 0.3) is 11.3 Å². The number of morpholine rings is 1. The Morgan fingerprint density at radius 1 is 1.14 bits per heavy atom. The van der Waals surface area contributed by atoms with Crippen LogP contribution in [0.2, 0.25) is 5.02 Å². The van der Waals surface area contributed by atoms with Gasteiger partial charge < -0.3 is 31.0 Å². The fourth-order valence-corrected chi connectivity index (χ4v) is 3.49. The Morgan fingerprint density at radius 3 is 2.59 bits per heavy atom. The van der Waals surface area contributed by atoms with Gasteiger partial charge in [-0.05, 0) is 30.3 Å². The van der Waals surface area contributed by atoms with Crippen LogP contribution >= 0.6 is 11.6 Å². The summed E-state index contributed by atoms with van der Waals surface area (Å²) < 4.78 is 5.37. The summed E-state index contributed by atoms with van der Waals surface area (Å²) in [6.45, 7) is 2.96. The molecule has 29 heavy (non-hydrogen) atoms. The number of rotatable bonds is 4. The molecule has 1 fully saturated rings. The average Bonchev–Trinajstić information content (AvgIpc) is 3.15. The van der Waals surface area contributed by atoms with Crippen LogP contribution in [0.4, 0.5) is 27.8 Å². The Balaban J connectivity index is 1.41. The third-order valence-corrected chi connectivity index (χ3v) is 4.89. The molecular formula is C20H21ClN6O2. The molecule has 8 nitrogen and oxygen atoms in total. The number of carbonyl (C=O) groups excluding carboxylic acids is 1. The van der Waals surface area contributed by atoms with Gasteiger partial charge in [-0.15, -0.1) is 0 Å². The van der Waals surface area contributed by atoms with Gasteiger partial charge in [0.1, 0.15) is 0 Å². The van der Waals surface area contributed by atoms with E-state index in [2.05, 4.69) is 25.5 Å². The number of aromatic nitrogens is 2. The fraction of sp³-hybridized carbons (Fsp3) is 0.200. The standard InChI is InChI=1S/C20H21ClN6O2/c21-16-11-15(4-5-18(16)27-6-8-29-9-7-27)25-20(28)24-14-3-1-2-13(10-14)17-12-23-19(22)26-17/h1-5,10-12H,6-9H2,(H3,22,23,26)(H2,24,25,28). The highest BCUT2D eigenvalue weighted by atomic mass is 35.5. The number of benzene rings is 2. The van der Waals surface area contributed by atoms with E-state index in [0.717, 1.165) is 30.0 Å². The molecule has 2 amide bonds. The summed E-state index contributed by atoms with van der Waals surface area (Å²) in [6.07, 6.45) is 1.65. The van der Waals surface area contributed by atoms with Gasteiger partial charge in [-0.2, -0.15) is 0 Å². The van der Waals surface area contributed by atoms with E-state index in [1.165, 1.54) is 0 Å². The molecule has 3 aromatic rings. The van der Waals surface area contributed by atoms with Crippen LogP contribution in [0, 0.1) is 0 Å². The third kappa shape index (κ3) is 4.61. The quantitative estimate of drug-likeness (QED) is 0.521. The number of nitrogens with zero attached hydrogens (tertiary/aromatic N) is 2. The van der Waals surface area contributed by atoms with Crippen molar-refractivity contribution in [2.75, 3.05) is 47.6 Å². The van der Waals surface area contributed by atoms with Crippen molar-refractivity contribution in [3.8, 4) is 11.3 Å². The Bertz CT molecular complexity index is 1020. The Hall–Kier alpha value is -3.23. The lowest BCUT2D eigenvalue weighted by Gasteiger charge is -2.29.